The lowest BCUT2D eigenvalue weighted by molar-refractivity contribution is 0.173. The van der Waals surface area contributed by atoms with Crippen molar-refractivity contribution < 1.29 is 9.47 Å². The highest BCUT2D eigenvalue weighted by Crippen LogP contribution is 2.40. The first-order valence-electron chi connectivity index (χ1n) is 6.45. The zero-order valence-corrected chi connectivity index (χ0v) is 12.7. The molecule has 0 saturated heterocycles. The Hall–Kier alpha value is -1.59. The molecular weight excluding hydrogens is 320 g/mol. The third kappa shape index (κ3) is 2.78. The van der Waals surface area contributed by atoms with Crippen molar-refractivity contribution in [3.05, 3.63) is 52.3 Å². The van der Waals surface area contributed by atoms with E-state index >= 15 is 0 Å². The van der Waals surface area contributed by atoms with Crippen LogP contribution in [0.4, 0.5) is 0 Å². The van der Waals surface area contributed by atoms with Crippen LogP contribution in [0.15, 0.2) is 41.1 Å². The molecule has 0 unspecified atom stereocenters. The molecule has 0 fully saturated rings. The molecule has 1 atom stereocenters. The first-order chi connectivity index (χ1) is 9.74. The minimum atomic E-state index is 0.266. The maximum absolute atomic E-state index is 5.42. The van der Waals surface area contributed by atoms with Crippen LogP contribution in [0.2, 0.25) is 0 Å². The van der Waals surface area contributed by atoms with E-state index in [1.807, 2.05) is 30.6 Å². The molecule has 0 amide bonds. The second-order valence-corrected chi connectivity index (χ2v) is 5.55. The number of hydrogen-bond acceptors (Lipinski definition) is 4. The van der Waals surface area contributed by atoms with E-state index < -0.39 is 0 Å². The van der Waals surface area contributed by atoms with E-state index in [-0.39, 0.29) is 12.8 Å². The molecule has 1 aromatic carbocycles. The van der Waals surface area contributed by atoms with Gasteiger partial charge in [-0.2, -0.15) is 0 Å². The van der Waals surface area contributed by atoms with E-state index in [0.717, 1.165) is 28.1 Å². The molecule has 4 nitrogen and oxygen atoms in total. The Balaban J connectivity index is 1.68. The number of nitrogens with zero attached hydrogens (tertiary/aromatic N) is 1. The van der Waals surface area contributed by atoms with Crippen LogP contribution in [0, 0.1) is 0 Å². The maximum atomic E-state index is 5.42. The van der Waals surface area contributed by atoms with Crippen molar-refractivity contribution in [2.24, 2.45) is 0 Å². The molecule has 1 aliphatic rings. The number of fused-ring (bicyclic) bond motifs is 1. The van der Waals surface area contributed by atoms with Gasteiger partial charge < -0.3 is 14.8 Å². The summed E-state index contributed by atoms with van der Waals surface area (Å²) < 4.78 is 11.7. The van der Waals surface area contributed by atoms with Crippen LogP contribution < -0.4 is 14.8 Å². The first kappa shape index (κ1) is 13.4. The lowest BCUT2D eigenvalue weighted by atomic mass is 10.1. The largest absolute Gasteiger partial charge is 0.454 e. The van der Waals surface area contributed by atoms with Gasteiger partial charge in [-0.05, 0) is 58.2 Å². The second-order valence-electron chi connectivity index (χ2n) is 4.69. The summed E-state index contributed by atoms with van der Waals surface area (Å²) in [6, 6.07) is 8.38. The molecule has 0 aliphatic carbocycles. The number of aromatic nitrogens is 1. The van der Waals surface area contributed by atoms with Crippen LogP contribution >= 0.6 is 15.9 Å². The van der Waals surface area contributed by atoms with E-state index in [2.05, 4.69) is 39.2 Å². The minimum Gasteiger partial charge on any atom is -0.454 e. The van der Waals surface area contributed by atoms with E-state index in [1.54, 1.807) is 0 Å². The van der Waals surface area contributed by atoms with Crippen LogP contribution in [-0.2, 0) is 6.54 Å². The Bertz CT molecular complexity index is 604. The molecule has 0 radical (unpaired) electrons. The molecule has 3 rings (SSSR count). The van der Waals surface area contributed by atoms with Crippen molar-refractivity contribution >= 4 is 15.9 Å². The van der Waals surface area contributed by atoms with Gasteiger partial charge in [-0.15, -0.1) is 0 Å². The highest BCUT2D eigenvalue weighted by Gasteiger charge is 2.18. The standard InChI is InChI=1S/C15H15BrN2O2/c1-10(12-2-4-17-5-3-12)18-8-11-6-13(16)15-14(7-11)19-9-20-15/h2-7,10,18H,8-9H2,1H3/t10-/m1/s1. The predicted octanol–water partition coefficient (Wildman–Crippen LogP) is 3.42. The quantitative estimate of drug-likeness (QED) is 0.930. The number of pyridine rings is 1. The van der Waals surface area contributed by atoms with Crippen LogP contribution in [0.5, 0.6) is 11.5 Å². The second kappa shape index (κ2) is 5.81. The van der Waals surface area contributed by atoms with Crippen molar-refractivity contribution in [3.8, 4) is 11.5 Å². The van der Waals surface area contributed by atoms with Crippen molar-refractivity contribution in [2.75, 3.05) is 6.79 Å². The van der Waals surface area contributed by atoms with Crippen molar-refractivity contribution in [3.63, 3.8) is 0 Å². The summed E-state index contributed by atoms with van der Waals surface area (Å²) in [6.07, 6.45) is 3.62. The molecule has 0 saturated carbocycles. The summed E-state index contributed by atoms with van der Waals surface area (Å²) in [5.74, 6) is 1.59. The average Bonchev–Trinajstić information content (AvgIpc) is 2.94. The average molecular weight is 335 g/mol. The van der Waals surface area contributed by atoms with Gasteiger partial charge in [-0.1, -0.05) is 0 Å². The molecule has 1 aromatic heterocycles. The SMILES string of the molecule is C[C@@H](NCc1cc(Br)c2c(c1)OCO2)c1ccncc1. The van der Waals surface area contributed by atoms with Gasteiger partial charge in [0.1, 0.15) is 0 Å². The fourth-order valence-corrected chi connectivity index (χ4v) is 2.77. The zero-order chi connectivity index (χ0) is 13.9. The number of hydrogen-bond donors (Lipinski definition) is 1. The summed E-state index contributed by atoms with van der Waals surface area (Å²) in [6.45, 7) is 3.19. The smallest absolute Gasteiger partial charge is 0.231 e. The Morgan fingerprint density at radius 2 is 2.10 bits per heavy atom. The van der Waals surface area contributed by atoms with Gasteiger partial charge in [0.2, 0.25) is 6.79 Å². The van der Waals surface area contributed by atoms with Crippen LogP contribution in [0.25, 0.3) is 0 Å². The third-order valence-corrected chi connectivity index (χ3v) is 3.89. The number of nitrogens with one attached hydrogen (secondary N) is 1. The van der Waals surface area contributed by atoms with Crippen LogP contribution in [0.3, 0.4) is 0 Å². The van der Waals surface area contributed by atoms with Gasteiger partial charge in [0, 0.05) is 25.0 Å². The van der Waals surface area contributed by atoms with E-state index in [4.69, 9.17) is 9.47 Å². The molecule has 20 heavy (non-hydrogen) atoms. The zero-order valence-electron chi connectivity index (χ0n) is 11.1. The highest BCUT2D eigenvalue weighted by atomic mass is 79.9. The van der Waals surface area contributed by atoms with Gasteiger partial charge in [-0.3, -0.25) is 4.98 Å². The normalized spacial score (nSPS) is 14.3. The van der Waals surface area contributed by atoms with Crippen molar-refractivity contribution in [2.45, 2.75) is 19.5 Å². The maximum Gasteiger partial charge on any atom is 0.231 e. The molecule has 5 heteroatoms. The monoisotopic (exact) mass is 334 g/mol. The summed E-state index contributed by atoms with van der Waals surface area (Å²) in [4.78, 5) is 4.03. The van der Waals surface area contributed by atoms with Gasteiger partial charge >= 0.3 is 0 Å². The van der Waals surface area contributed by atoms with Crippen molar-refractivity contribution in [1.82, 2.24) is 10.3 Å². The Morgan fingerprint density at radius 3 is 2.90 bits per heavy atom. The molecule has 0 spiro atoms. The molecule has 2 aromatic rings. The summed E-state index contributed by atoms with van der Waals surface area (Å²) in [5.41, 5.74) is 2.38. The molecule has 2 heterocycles. The van der Waals surface area contributed by atoms with Gasteiger partial charge in [0.15, 0.2) is 11.5 Å². The number of benzene rings is 1. The van der Waals surface area contributed by atoms with Gasteiger partial charge in [0.05, 0.1) is 4.47 Å². The van der Waals surface area contributed by atoms with Crippen LogP contribution in [-0.4, -0.2) is 11.8 Å². The van der Waals surface area contributed by atoms with Crippen LogP contribution in [0.1, 0.15) is 24.1 Å². The number of halogens is 1. The topological polar surface area (TPSA) is 43.4 Å². The molecule has 104 valence electrons. The fourth-order valence-electron chi connectivity index (χ4n) is 2.16. The molecule has 1 aliphatic heterocycles. The summed E-state index contributed by atoms with van der Waals surface area (Å²) >= 11 is 3.51. The predicted molar refractivity (Wildman–Crippen MR) is 79.8 cm³/mol. The lowest BCUT2D eigenvalue weighted by Gasteiger charge is -2.14. The Kier molecular flexibility index (Phi) is 3.89. The fraction of sp³-hybridized carbons (Fsp3) is 0.267. The minimum absolute atomic E-state index is 0.266. The molecular formula is C15H15BrN2O2. The summed E-state index contributed by atoms with van der Waals surface area (Å²) in [5, 5.41) is 3.49. The van der Waals surface area contributed by atoms with Gasteiger partial charge in [0.25, 0.3) is 0 Å². The van der Waals surface area contributed by atoms with E-state index in [0.29, 0.717) is 0 Å². The summed E-state index contributed by atoms with van der Waals surface area (Å²) in [7, 11) is 0. The van der Waals surface area contributed by atoms with E-state index in [1.165, 1.54) is 5.56 Å². The highest BCUT2D eigenvalue weighted by molar-refractivity contribution is 9.10. The Labute approximate surface area is 126 Å². The lowest BCUT2D eigenvalue weighted by Crippen LogP contribution is -2.18. The van der Waals surface area contributed by atoms with E-state index in [9.17, 15) is 0 Å². The number of ether oxygens (including phenoxy) is 2. The first-order valence-corrected chi connectivity index (χ1v) is 7.24. The Morgan fingerprint density at radius 1 is 1.30 bits per heavy atom. The third-order valence-electron chi connectivity index (χ3n) is 3.31. The molecule has 1 N–H and O–H groups in total. The van der Waals surface area contributed by atoms with Crippen molar-refractivity contribution in [1.29, 1.82) is 0 Å². The van der Waals surface area contributed by atoms with Gasteiger partial charge in [-0.25, -0.2) is 0 Å². The number of rotatable bonds is 4. The molecule has 0 bridgehead atoms.